The Morgan fingerprint density at radius 3 is 2.89 bits per heavy atom. The number of hydrogen-bond donors (Lipinski definition) is 1. The molecule has 1 aliphatic rings. The average Bonchev–Trinajstić information content (AvgIpc) is 2.35. The summed E-state index contributed by atoms with van der Waals surface area (Å²) in [5.74, 6) is 0.142. The topological polar surface area (TPSA) is 65.2 Å². The second-order valence-corrected chi connectivity index (χ2v) is 5.11. The monoisotopic (exact) mass is 248 g/mol. The van der Waals surface area contributed by atoms with E-state index in [4.69, 9.17) is 10.5 Å². The highest BCUT2D eigenvalue weighted by atomic mass is 16.5. The summed E-state index contributed by atoms with van der Waals surface area (Å²) in [5, 5.41) is 0. The van der Waals surface area contributed by atoms with Crippen molar-refractivity contribution < 1.29 is 9.53 Å². The molecule has 0 aromatic carbocycles. The summed E-state index contributed by atoms with van der Waals surface area (Å²) in [6.45, 7) is 3.93. The Morgan fingerprint density at radius 2 is 2.17 bits per heavy atom. The molecule has 4 nitrogen and oxygen atoms in total. The third kappa shape index (κ3) is 2.81. The average molecular weight is 248 g/mol. The van der Waals surface area contributed by atoms with Crippen molar-refractivity contribution in [1.29, 1.82) is 0 Å². The summed E-state index contributed by atoms with van der Waals surface area (Å²) >= 11 is 0. The van der Waals surface area contributed by atoms with E-state index in [0.29, 0.717) is 22.9 Å². The fourth-order valence-corrected chi connectivity index (χ4v) is 2.41. The van der Waals surface area contributed by atoms with Crippen LogP contribution < -0.4 is 5.73 Å². The van der Waals surface area contributed by atoms with Crippen LogP contribution in [0.2, 0.25) is 0 Å². The third-order valence-corrected chi connectivity index (χ3v) is 3.62. The lowest BCUT2D eigenvalue weighted by Crippen LogP contribution is -2.28. The zero-order valence-electron chi connectivity index (χ0n) is 11.0. The molecular weight excluding hydrogens is 228 g/mol. The molecule has 1 aromatic rings. The smallest absolute Gasteiger partial charge is 0.340 e. The second-order valence-electron chi connectivity index (χ2n) is 5.11. The van der Waals surface area contributed by atoms with E-state index in [0.717, 1.165) is 19.3 Å². The minimum atomic E-state index is -0.300. The molecule has 1 heterocycles. The van der Waals surface area contributed by atoms with Gasteiger partial charge in [-0.1, -0.05) is 13.3 Å². The quantitative estimate of drug-likeness (QED) is 0.817. The number of ether oxygens (including phenoxy) is 1. The molecule has 1 fully saturated rings. The van der Waals surface area contributed by atoms with Gasteiger partial charge in [-0.05, 0) is 38.2 Å². The highest BCUT2D eigenvalue weighted by Crippen LogP contribution is 2.27. The lowest BCUT2D eigenvalue weighted by Gasteiger charge is -2.28. The summed E-state index contributed by atoms with van der Waals surface area (Å²) in [6.07, 6.45) is 6.04. The number of carbonyl (C=O) groups excluding carboxylic acids is 1. The molecule has 0 amide bonds. The van der Waals surface area contributed by atoms with E-state index in [1.54, 1.807) is 19.2 Å². The Balaban J connectivity index is 2.09. The number of aromatic nitrogens is 1. The Kier molecular flexibility index (Phi) is 3.84. The summed E-state index contributed by atoms with van der Waals surface area (Å²) < 4.78 is 5.59. The third-order valence-electron chi connectivity index (χ3n) is 3.62. The van der Waals surface area contributed by atoms with E-state index < -0.39 is 0 Å². The van der Waals surface area contributed by atoms with E-state index in [1.807, 2.05) is 0 Å². The van der Waals surface area contributed by atoms with Crippen LogP contribution in [-0.2, 0) is 4.74 Å². The van der Waals surface area contributed by atoms with Crippen molar-refractivity contribution in [2.75, 3.05) is 5.73 Å². The predicted molar refractivity (Wildman–Crippen MR) is 70.2 cm³/mol. The van der Waals surface area contributed by atoms with Crippen molar-refractivity contribution >= 4 is 11.7 Å². The second kappa shape index (κ2) is 5.38. The van der Waals surface area contributed by atoms with Crippen molar-refractivity contribution in [1.82, 2.24) is 4.98 Å². The molecule has 0 radical (unpaired) electrons. The van der Waals surface area contributed by atoms with Crippen LogP contribution in [0.4, 0.5) is 5.69 Å². The molecule has 0 saturated heterocycles. The molecule has 1 aromatic heterocycles. The molecule has 1 aliphatic carbocycles. The number of carbonyl (C=O) groups is 1. The molecule has 2 N–H and O–H groups in total. The predicted octanol–water partition coefficient (Wildman–Crippen LogP) is 2.71. The molecule has 98 valence electrons. The zero-order valence-corrected chi connectivity index (χ0v) is 11.0. The van der Waals surface area contributed by atoms with Crippen molar-refractivity contribution in [3.63, 3.8) is 0 Å². The number of pyridine rings is 1. The normalized spacial score (nSPS) is 23.7. The molecule has 4 heteroatoms. The number of nitrogens with two attached hydrogens (primary N) is 1. The Hall–Kier alpha value is -1.58. The van der Waals surface area contributed by atoms with Gasteiger partial charge < -0.3 is 10.5 Å². The van der Waals surface area contributed by atoms with E-state index in [-0.39, 0.29) is 12.1 Å². The van der Waals surface area contributed by atoms with Crippen LogP contribution in [0.3, 0.4) is 0 Å². The van der Waals surface area contributed by atoms with Gasteiger partial charge in [-0.2, -0.15) is 0 Å². The van der Waals surface area contributed by atoms with Gasteiger partial charge in [0.05, 0.1) is 23.1 Å². The summed E-state index contributed by atoms with van der Waals surface area (Å²) in [7, 11) is 0. The van der Waals surface area contributed by atoms with Gasteiger partial charge in [0.25, 0.3) is 0 Å². The standard InChI is InChI=1S/C14H20N2O2/c1-9-5-3-4-6-13(9)18-14(17)12-7-11(15)8-16-10(12)2/h7-9,13H,3-6,15H2,1-2H3. The molecule has 18 heavy (non-hydrogen) atoms. The van der Waals surface area contributed by atoms with E-state index in [2.05, 4.69) is 11.9 Å². The number of anilines is 1. The van der Waals surface area contributed by atoms with Gasteiger partial charge in [0.1, 0.15) is 6.10 Å². The van der Waals surface area contributed by atoms with E-state index in [1.165, 1.54) is 6.42 Å². The van der Waals surface area contributed by atoms with Crippen LogP contribution in [0.5, 0.6) is 0 Å². The minimum Gasteiger partial charge on any atom is -0.458 e. The minimum absolute atomic E-state index is 0.0343. The Morgan fingerprint density at radius 1 is 1.44 bits per heavy atom. The molecule has 1 saturated carbocycles. The van der Waals surface area contributed by atoms with Gasteiger partial charge in [0.15, 0.2) is 0 Å². The van der Waals surface area contributed by atoms with Gasteiger partial charge in [-0.25, -0.2) is 4.79 Å². The maximum absolute atomic E-state index is 12.1. The van der Waals surface area contributed by atoms with Gasteiger partial charge >= 0.3 is 5.97 Å². The first-order valence-corrected chi connectivity index (χ1v) is 6.51. The first kappa shape index (κ1) is 12.9. The summed E-state index contributed by atoms with van der Waals surface area (Å²) in [5.41, 5.74) is 7.29. The van der Waals surface area contributed by atoms with Crippen LogP contribution in [0.15, 0.2) is 12.3 Å². The maximum Gasteiger partial charge on any atom is 0.340 e. The van der Waals surface area contributed by atoms with E-state index >= 15 is 0 Å². The van der Waals surface area contributed by atoms with E-state index in [9.17, 15) is 4.79 Å². The number of aryl methyl sites for hydroxylation is 1. The molecule has 0 aliphatic heterocycles. The molecule has 0 spiro atoms. The van der Waals surface area contributed by atoms with Crippen molar-refractivity contribution in [3.8, 4) is 0 Å². The van der Waals surface area contributed by atoms with Gasteiger partial charge in [-0.3, -0.25) is 4.98 Å². The first-order chi connectivity index (χ1) is 8.58. The highest BCUT2D eigenvalue weighted by molar-refractivity contribution is 5.91. The molecule has 2 unspecified atom stereocenters. The fourth-order valence-electron chi connectivity index (χ4n) is 2.41. The summed E-state index contributed by atoms with van der Waals surface area (Å²) in [4.78, 5) is 16.2. The summed E-state index contributed by atoms with van der Waals surface area (Å²) in [6, 6.07) is 1.64. The number of rotatable bonds is 2. The number of hydrogen-bond acceptors (Lipinski definition) is 4. The zero-order chi connectivity index (χ0) is 13.1. The Labute approximate surface area is 108 Å². The van der Waals surface area contributed by atoms with Crippen LogP contribution >= 0.6 is 0 Å². The number of nitrogen functional groups attached to an aromatic ring is 1. The maximum atomic E-state index is 12.1. The van der Waals surface area contributed by atoms with Crippen LogP contribution in [-0.4, -0.2) is 17.1 Å². The Bertz CT molecular complexity index is 445. The molecule has 2 atom stereocenters. The van der Waals surface area contributed by atoms with Crippen molar-refractivity contribution in [3.05, 3.63) is 23.5 Å². The first-order valence-electron chi connectivity index (χ1n) is 6.51. The number of nitrogens with zero attached hydrogens (tertiary/aromatic N) is 1. The highest BCUT2D eigenvalue weighted by Gasteiger charge is 2.26. The van der Waals surface area contributed by atoms with Crippen molar-refractivity contribution in [2.45, 2.75) is 45.6 Å². The number of esters is 1. The SMILES string of the molecule is Cc1ncc(N)cc1C(=O)OC1CCCCC1C. The van der Waals surface area contributed by atoms with Gasteiger partial charge in [-0.15, -0.1) is 0 Å². The van der Waals surface area contributed by atoms with Crippen LogP contribution in [0, 0.1) is 12.8 Å². The molecule has 2 rings (SSSR count). The van der Waals surface area contributed by atoms with Gasteiger partial charge in [0, 0.05) is 0 Å². The van der Waals surface area contributed by atoms with Crippen LogP contribution in [0.1, 0.15) is 48.7 Å². The van der Waals surface area contributed by atoms with Gasteiger partial charge in [0.2, 0.25) is 0 Å². The lowest BCUT2D eigenvalue weighted by atomic mass is 9.88. The molecular formula is C14H20N2O2. The van der Waals surface area contributed by atoms with Crippen LogP contribution in [0.25, 0.3) is 0 Å². The molecule has 0 bridgehead atoms. The lowest BCUT2D eigenvalue weighted by molar-refractivity contribution is 0.00470. The fraction of sp³-hybridized carbons (Fsp3) is 0.571. The van der Waals surface area contributed by atoms with Crippen molar-refractivity contribution in [2.24, 2.45) is 5.92 Å². The largest absolute Gasteiger partial charge is 0.458 e.